The second kappa shape index (κ2) is 1.62. The summed E-state index contributed by atoms with van der Waals surface area (Å²) < 4.78 is 10.7. The van der Waals surface area contributed by atoms with Gasteiger partial charge in [-0.25, -0.2) is 0 Å². The molecule has 0 aromatic carbocycles. The van der Waals surface area contributed by atoms with Gasteiger partial charge in [0, 0.05) is 11.5 Å². The molecule has 0 unspecified atom stereocenters. The first-order chi connectivity index (χ1) is 3.91. The smallest absolute Gasteiger partial charge is 0.186 e. The summed E-state index contributed by atoms with van der Waals surface area (Å²) in [6.45, 7) is 1.58. The molecule has 2 heterocycles. The molecule has 0 bridgehead atoms. The van der Waals surface area contributed by atoms with Crippen molar-refractivity contribution in [3.05, 3.63) is 0 Å². The molecule has 0 amide bonds. The van der Waals surface area contributed by atoms with Gasteiger partial charge in [0.05, 0.1) is 13.2 Å². The average Bonchev–Trinajstić information content (AvgIpc) is 2.07. The topological polar surface area (TPSA) is 18.5 Å². The lowest BCUT2D eigenvalue weighted by atomic mass is 10.4. The van der Waals surface area contributed by atoms with Crippen molar-refractivity contribution in [3.63, 3.8) is 0 Å². The normalized spacial score (nSPS) is 33.0. The minimum atomic E-state index is -0.120. The zero-order chi connectivity index (χ0) is 5.45. The lowest BCUT2D eigenvalue weighted by molar-refractivity contribution is -0.126. The first-order valence-corrected chi connectivity index (χ1v) is 3.92. The zero-order valence-corrected chi connectivity index (χ0v) is 5.37. The van der Waals surface area contributed by atoms with Gasteiger partial charge in [-0.2, -0.15) is 11.8 Å². The number of hydrogen-bond acceptors (Lipinski definition) is 3. The molecule has 0 aromatic heterocycles. The van der Waals surface area contributed by atoms with Crippen molar-refractivity contribution in [2.75, 3.05) is 24.7 Å². The predicted molar refractivity (Wildman–Crippen MR) is 32.0 cm³/mol. The Morgan fingerprint density at radius 1 is 1.12 bits per heavy atom. The van der Waals surface area contributed by atoms with E-state index in [-0.39, 0.29) is 5.79 Å². The van der Waals surface area contributed by atoms with Crippen LogP contribution in [0.25, 0.3) is 0 Å². The highest BCUT2D eigenvalue weighted by Crippen LogP contribution is 2.36. The van der Waals surface area contributed by atoms with Crippen molar-refractivity contribution < 1.29 is 9.47 Å². The summed E-state index contributed by atoms with van der Waals surface area (Å²) in [5.41, 5.74) is 0. The van der Waals surface area contributed by atoms with Gasteiger partial charge in [-0.15, -0.1) is 0 Å². The molecule has 8 heavy (non-hydrogen) atoms. The summed E-state index contributed by atoms with van der Waals surface area (Å²) in [7, 11) is 0. The molecular weight excluding hydrogens is 124 g/mol. The van der Waals surface area contributed by atoms with E-state index in [2.05, 4.69) is 0 Å². The maximum Gasteiger partial charge on any atom is 0.186 e. The van der Waals surface area contributed by atoms with Gasteiger partial charge < -0.3 is 9.47 Å². The molecule has 0 aliphatic carbocycles. The number of ether oxygens (including phenoxy) is 2. The minimum Gasteiger partial charge on any atom is -0.346 e. The molecule has 2 nitrogen and oxygen atoms in total. The lowest BCUT2D eigenvalue weighted by Crippen LogP contribution is -2.44. The molecule has 2 aliphatic rings. The zero-order valence-electron chi connectivity index (χ0n) is 4.55. The summed E-state index contributed by atoms with van der Waals surface area (Å²) in [4.78, 5) is 0. The molecule has 0 N–H and O–H groups in total. The third-order valence-corrected chi connectivity index (χ3v) is 2.75. The molecule has 2 rings (SSSR count). The molecule has 2 saturated heterocycles. The fourth-order valence-electron chi connectivity index (χ4n) is 0.932. The standard InChI is InChI=1S/C5H8O2S/c1-2-7-5(6-1)3-8-4-5/h1-4H2. The Labute approximate surface area is 52.5 Å². The van der Waals surface area contributed by atoms with Crippen LogP contribution in [0.3, 0.4) is 0 Å². The second-order valence-electron chi connectivity index (χ2n) is 2.10. The minimum absolute atomic E-state index is 0.120. The number of hydrogen-bond donors (Lipinski definition) is 0. The monoisotopic (exact) mass is 132 g/mol. The van der Waals surface area contributed by atoms with E-state index in [9.17, 15) is 0 Å². The van der Waals surface area contributed by atoms with Gasteiger partial charge in [-0.05, 0) is 0 Å². The van der Waals surface area contributed by atoms with E-state index >= 15 is 0 Å². The van der Waals surface area contributed by atoms with E-state index in [4.69, 9.17) is 9.47 Å². The Balaban J connectivity index is 2.01. The second-order valence-corrected chi connectivity index (χ2v) is 3.09. The fraction of sp³-hybridized carbons (Fsp3) is 1.00. The van der Waals surface area contributed by atoms with Gasteiger partial charge in [-0.3, -0.25) is 0 Å². The summed E-state index contributed by atoms with van der Waals surface area (Å²) in [6, 6.07) is 0. The van der Waals surface area contributed by atoms with Crippen LogP contribution < -0.4 is 0 Å². The average molecular weight is 132 g/mol. The molecule has 0 saturated carbocycles. The molecule has 2 aliphatic heterocycles. The van der Waals surface area contributed by atoms with Crippen LogP contribution in [0.5, 0.6) is 0 Å². The number of rotatable bonds is 0. The third kappa shape index (κ3) is 0.584. The van der Waals surface area contributed by atoms with Crippen molar-refractivity contribution in [2.45, 2.75) is 5.79 Å². The molecule has 46 valence electrons. The van der Waals surface area contributed by atoms with Crippen LogP contribution in [-0.2, 0) is 9.47 Å². The molecule has 0 radical (unpaired) electrons. The van der Waals surface area contributed by atoms with Crippen molar-refractivity contribution in [1.82, 2.24) is 0 Å². The maximum absolute atomic E-state index is 5.33. The van der Waals surface area contributed by atoms with E-state index in [0.29, 0.717) is 0 Å². The molecule has 0 atom stereocenters. The maximum atomic E-state index is 5.33. The van der Waals surface area contributed by atoms with Crippen LogP contribution in [0.1, 0.15) is 0 Å². The van der Waals surface area contributed by atoms with Crippen molar-refractivity contribution in [3.8, 4) is 0 Å². The number of thioether (sulfide) groups is 1. The Kier molecular flexibility index (Phi) is 1.03. The van der Waals surface area contributed by atoms with E-state index in [1.54, 1.807) is 0 Å². The van der Waals surface area contributed by atoms with Gasteiger partial charge in [0.25, 0.3) is 0 Å². The van der Waals surface area contributed by atoms with Crippen molar-refractivity contribution >= 4 is 11.8 Å². The highest BCUT2D eigenvalue weighted by atomic mass is 32.2. The highest BCUT2D eigenvalue weighted by molar-refractivity contribution is 8.00. The van der Waals surface area contributed by atoms with Crippen molar-refractivity contribution in [2.24, 2.45) is 0 Å². The van der Waals surface area contributed by atoms with Crippen LogP contribution >= 0.6 is 11.8 Å². The van der Waals surface area contributed by atoms with Gasteiger partial charge in [0.2, 0.25) is 0 Å². The van der Waals surface area contributed by atoms with Crippen LogP contribution in [-0.4, -0.2) is 30.5 Å². The molecule has 1 spiro atoms. The quantitative estimate of drug-likeness (QED) is 0.477. The van der Waals surface area contributed by atoms with E-state index in [1.165, 1.54) is 0 Å². The summed E-state index contributed by atoms with van der Waals surface area (Å²) >= 11 is 1.88. The van der Waals surface area contributed by atoms with Crippen LogP contribution in [0, 0.1) is 0 Å². The third-order valence-electron chi connectivity index (χ3n) is 1.46. The van der Waals surface area contributed by atoms with Crippen LogP contribution in [0.2, 0.25) is 0 Å². The largest absolute Gasteiger partial charge is 0.346 e. The van der Waals surface area contributed by atoms with Crippen LogP contribution in [0.4, 0.5) is 0 Å². The Bertz CT molecular complexity index is 92.6. The van der Waals surface area contributed by atoms with Crippen LogP contribution in [0.15, 0.2) is 0 Å². The summed E-state index contributed by atoms with van der Waals surface area (Å²) in [6.07, 6.45) is 0. The van der Waals surface area contributed by atoms with Crippen molar-refractivity contribution in [1.29, 1.82) is 0 Å². The first-order valence-electron chi connectivity index (χ1n) is 2.77. The van der Waals surface area contributed by atoms with Gasteiger partial charge in [0.1, 0.15) is 0 Å². The van der Waals surface area contributed by atoms with E-state index < -0.39 is 0 Å². The summed E-state index contributed by atoms with van der Waals surface area (Å²) in [5.74, 6) is 1.95. The molecule has 0 aromatic rings. The molecule has 2 fully saturated rings. The Hall–Kier alpha value is 0.270. The molecular formula is C5H8O2S. The highest BCUT2D eigenvalue weighted by Gasteiger charge is 2.43. The van der Waals surface area contributed by atoms with E-state index in [0.717, 1.165) is 24.7 Å². The van der Waals surface area contributed by atoms with Gasteiger partial charge in [0.15, 0.2) is 5.79 Å². The predicted octanol–water partition coefficient (Wildman–Crippen LogP) is 0.476. The Morgan fingerprint density at radius 2 is 1.75 bits per heavy atom. The lowest BCUT2D eigenvalue weighted by Gasteiger charge is -2.34. The fourth-order valence-corrected chi connectivity index (χ4v) is 1.80. The van der Waals surface area contributed by atoms with Gasteiger partial charge in [-0.1, -0.05) is 0 Å². The molecule has 3 heteroatoms. The summed E-state index contributed by atoms with van der Waals surface area (Å²) in [5, 5.41) is 0. The van der Waals surface area contributed by atoms with Gasteiger partial charge >= 0.3 is 0 Å². The SMILES string of the molecule is C1COC2(CSC2)O1. The van der Waals surface area contributed by atoms with E-state index in [1.807, 2.05) is 11.8 Å². The first kappa shape index (κ1) is 5.09. The Morgan fingerprint density at radius 3 is 2.00 bits per heavy atom.